The summed E-state index contributed by atoms with van der Waals surface area (Å²) >= 11 is 0. The average molecular weight is 1120 g/mol. The number of esters is 3. The first-order valence-electron chi connectivity index (χ1n) is 33.7. The van der Waals surface area contributed by atoms with Gasteiger partial charge in [0.05, 0.1) is 0 Å². The van der Waals surface area contributed by atoms with Crippen molar-refractivity contribution in [2.24, 2.45) is 0 Å². The summed E-state index contributed by atoms with van der Waals surface area (Å²) in [6.07, 6.45) is 96.1. The molecule has 6 nitrogen and oxygen atoms in total. The number of rotatable bonds is 60. The molecule has 460 valence electrons. The minimum absolute atomic E-state index is 0.0940. The van der Waals surface area contributed by atoms with Crippen LogP contribution in [0.4, 0.5) is 0 Å². The lowest BCUT2D eigenvalue weighted by Crippen LogP contribution is -2.30. The van der Waals surface area contributed by atoms with Crippen molar-refractivity contribution in [3.63, 3.8) is 0 Å². The van der Waals surface area contributed by atoms with Crippen molar-refractivity contribution in [3.8, 4) is 0 Å². The average Bonchev–Trinajstić information content (AvgIpc) is 3.47. The Kier molecular flexibility index (Phi) is 64.3. The van der Waals surface area contributed by atoms with Crippen LogP contribution in [0, 0.1) is 0 Å². The Morgan fingerprint density at radius 1 is 0.259 bits per heavy atom. The third kappa shape index (κ3) is 66.2. The standard InChI is InChI=1S/C75H124O6/c1-4-7-10-13-16-19-22-24-26-28-30-32-34-35-36-37-38-39-41-42-44-46-48-50-53-56-59-62-65-68-74(77)80-71-72(70-79-73(76)67-64-61-58-55-52-21-18-15-12-9-6-3)81-75(78)69-66-63-60-57-54-51-49-47-45-43-40-33-31-29-27-25-23-20-17-14-11-8-5-2/h7,10,15-16,18-19,23-26,29-32,35-36,38-39,42,44,48,50,72H,4-6,8-9,11-14,17,20-22,27-28,33-34,37,40-41,43,45-47,49,51-71H2,1-3H3/b10-7-,18-15-,19-16-,25-23-,26-24-,31-29-,32-30-,36-35-,39-38-,44-42-,50-48-. The lowest BCUT2D eigenvalue weighted by atomic mass is 10.0. The Labute approximate surface area is 500 Å². The van der Waals surface area contributed by atoms with Gasteiger partial charge in [-0.3, -0.25) is 14.4 Å². The highest BCUT2D eigenvalue weighted by Crippen LogP contribution is 2.15. The fourth-order valence-corrected chi connectivity index (χ4v) is 9.06. The van der Waals surface area contributed by atoms with Crippen LogP contribution in [0.25, 0.3) is 0 Å². The second-order valence-corrected chi connectivity index (χ2v) is 22.0. The van der Waals surface area contributed by atoms with Crippen molar-refractivity contribution in [3.05, 3.63) is 134 Å². The van der Waals surface area contributed by atoms with Crippen LogP contribution >= 0.6 is 0 Å². The first-order valence-corrected chi connectivity index (χ1v) is 33.7. The largest absolute Gasteiger partial charge is 0.462 e. The third-order valence-corrected chi connectivity index (χ3v) is 14.1. The number of carbonyl (C=O) groups excluding carboxylic acids is 3. The van der Waals surface area contributed by atoms with Gasteiger partial charge in [0, 0.05) is 19.3 Å². The number of hydrogen-bond donors (Lipinski definition) is 0. The molecule has 0 heterocycles. The van der Waals surface area contributed by atoms with Gasteiger partial charge >= 0.3 is 17.9 Å². The molecule has 0 saturated carbocycles. The zero-order valence-corrected chi connectivity index (χ0v) is 52.8. The van der Waals surface area contributed by atoms with E-state index >= 15 is 0 Å². The molecule has 0 aliphatic carbocycles. The van der Waals surface area contributed by atoms with Crippen molar-refractivity contribution in [1.29, 1.82) is 0 Å². The molecule has 0 aliphatic heterocycles. The van der Waals surface area contributed by atoms with Crippen LogP contribution < -0.4 is 0 Å². The molecule has 0 bridgehead atoms. The predicted molar refractivity (Wildman–Crippen MR) is 353 cm³/mol. The first-order chi connectivity index (χ1) is 40.0. The molecule has 0 fully saturated rings. The summed E-state index contributed by atoms with van der Waals surface area (Å²) in [7, 11) is 0. The fourth-order valence-electron chi connectivity index (χ4n) is 9.06. The Morgan fingerprint density at radius 2 is 0.494 bits per heavy atom. The molecule has 0 aromatic heterocycles. The van der Waals surface area contributed by atoms with Gasteiger partial charge in [0.25, 0.3) is 0 Å². The van der Waals surface area contributed by atoms with Crippen LogP contribution in [-0.4, -0.2) is 37.2 Å². The van der Waals surface area contributed by atoms with Gasteiger partial charge in [0.15, 0.2) is 6.10 Å². The van der Waals surface area contributed by atoms with Crippen LogP contribution in [0.3, 0.4) is 0 Å². The maximum absolute atomic E-state index is 12.9. The zero-order chi connectivity index (χ0) is 58.5. The summed E-state index contributed by atoms with van der Waals surface area (Å²) in [6, 6.07) is 0. The molecule has 0 aliphatic rings. The van der Waals surface area contributed by atoms with Crippen LogP contribution in [0.5, 0.6) is 0 Å². The molecule has 0 radical (unpaired) electrons. The smallest absolute Gasteiger partial charge is 0.306 e. The van der Waals surface area contributed by atoms with Crippen LogP contribution in [0.15, 0.2) is 134 Å². The molecule has 81 heavy (non-hydrogen) atoms. The zero-order valence-electron chi connectivity index (χ0n) is 52.8. The molecule has 1 unspecified atom stereocenters. The molecule has 0 saturated heterocycles. The van der Waals surface area contributed by atoms with E-state index < -0.39 is 6.10 Å². The van der Waals surface area contributed by atoms with Crippen molar-refractivity contribution >= 4 is 17.9 Å². The summed E-state index contributed by atoms with van der Waals surface area (Å²) in [6.45, 7) is 6.46. The number of ether oxygens (including phenoxy) is 3. The lowest BCUT2D eigenvalue weighted by molar-refractivity contribution is -0.167. The van der Waals surface area contributed by atoms with Gasteiger partial charge in [-0.05, 0) is 135 Å². The van der Waals surface area contributed by atoms with E-state index in [2.05, 4.69) is 154 Å². The van der Waals surface area contributed by atoms with E-state index in [0.717, 1.165) is 141 Å². The minimum Gasteiger partial charge on any atom is -0.462 e. The van der Waals surface area contributed by atoms with E-state index in [9.17, 15) is 14.4 Å². The van der Waals surface area contributed by atoms with Crippen molar-refractivity contribution in [2.75, 3.05) is 13.2 Å². The fraction of sp³-hybridized carbons (Fsp3) is 0.667. The van der Waals surface area contributed by atoms with Gasteiger partial charge in [-0.2, -0.15) is 0 Å². The Morgan fingerprint density at radius 3 is 0.802 bits per heavy atom. The molecular formula is C75H124O6. The number of carbonyl (C=O) groups is 3. The second-order valence-electron chi connectivity index (χ2n) is 22.0. The Bertz CT molecular complexity index is 1720. The summed E-state index contributed by atoms with van der Waals surface area (Å²) in [5.41, 5.74) is 0. The lowest BCUT2D eigenvalue weighted by Gasteiger charge is -2.18. The summed E-state index contributed by atoms with van der Waals surface area (Å²) in [5.74, 6) is -0.927. The van der Waals surface area contributed by atoms with Crippen molar-refractivity contribution in [1.82, 2.24) is 0 Å². The Hall–Kier alpha value is -4.45. The van der Waals surface area contributed by atoms with E-state index in [1.807, 2.05) is 0 Å². The molecule has 0 rings (SSSR count). The molecule has 6 heteroatoms. The van der Waals surface area contributed by atoms with Gasteiger partial charge in [0.2, 0.25) is 0 Å². The summed E-state index contributed by atoms with van der Waals surface area (Å²) < 4.78 is 16.9. The number of allylic oxidation sites excluding steroid dienone is 22. The van der Waals surface area contributed by atoms with Crippen molar-refractivity contribution in [2.45, 2.75) is 309 Å². The van der Waals surface area contributed by atoms with Crippen LogP contribution in [-0.2, 0) is 28.6 Å². The van der Waals surface area contributed by atoms with Crippen molar-refractivity contribution < 1.29 is 28.6 Å². The highest BCUT2D eigenvalue weighted by molar-refractivity contribution is 5.71. The van der Waals surface area contributed by atoms with Gasteiger partial charge in [-0.1, -0.05) is 283 Å². The van der Waals surface area contributed by atoms with Gasteiger partial charge in [0.1, 0.15) is 13.2 Å². The molecule has 0 spiro atoms. The number of hydrogen-bond acceptors (Lipinski definition) is 6. The topological polar surface area (TPSA) is 78.9 Å². The molecule has 1 atom stereocenters. The van der Waals surface area contributed by atoms with Crippen LogP contribution in [0.1, 0.15) is 303 Å². The monoisotopic (exact) mass is 1120 g/mol. The second kappa shape index (κ2) is 68.1. The third-order valence-electron chi connectivity index (χ3n) is 14.1. The summed E-state index contributed by atoms with van der Waals surface area (Å²) in [5, 5.41) is 0. The van der Waals surface area contributed by atoms with E-state index in [-0.39, 0.29) is 31.1 Å². The van der Waals surface area contributed by atoms with Crippen LogP contribution in [0.2, 0.25) is 0 Å². The first kappa shape index (κ1) is 76.5. The molecule has 0 amide bonds. The number of unbranched alkanes of at least 4 members (excludes halogenated alkanes) is 27. The molecule has 0 N–H and O–H groups in total. The minimum atomic E-state index is -0.799. The molecule has 0 aromatic carbocycles. The Balaban J connectivity index is 4.35. The van der Waals surface area contributed by atoms with E-state index in [1.54, 1.807) is 0 Å². The quantitative estimate of drug-likeness (QED) is 0.0261. The molecule has 0 aromatic rings. The highest BCUT2D eigenvalue weighted by atomic mass is 16.6. The van der Waals surface area contributed by atoms with E-state index in [4.69, 9.17) is 14.2 Å². The normalized spacial score (nSPS) is 13.0. The SMILES string of the molecule is CC/C=C\C/C=C\C/C=C\C/C=C\C/C=C\C/C=C\C/C=C\C/C=C\CCCCCCC(=O)OCC(COC(=O)CCCCCCC/C=C\CCCC)OC(=O)CCCCCCCCCCCCC/C=C\C/C=C\CCCCCCC. The van der Waals surface area contributed by atoms with Gasteiger partial charge in [-0.15, -0.1) is 0 Å². The van der Waals surface area contributed by atoms with Gasteiger partial charge < -0.3 is 14.2 Å². The maximum Gasteiger partial charge on any atom is 0.306 e. The molecular weight excluding hydrogens is 997 g/mol. The van der Waals surface area contributed by atoms with E-state index in [0.29, 0.717) is 19.3 Å². The van der Waals surface area contributed by atoms with E-state index in [1.165, 1.54) is 122 Å². The van der Waals surface area contributed by atoms with Gasteiger partial charge in [-0.25, -0.2) is 0 Å². The highest BCUT2D eigenvalue weighted by Gasteiger charge is 2.19. The summed E-state index contributed by atoms with van der Waals surface area (Å²) in [4.78, 5) is 38.3. The predicted octanol–water partition coefficient (Wildman–Crippen LogP) is 23.3. The maximum atomic E-state index is 12.9.